The van der Waals surface area contributed by atoms with Gasteiger partial charge in [-0.1, -0.05) is 72.6 Å². The number of amides is 2. The quantitative estimate of drug-likeness (QED) is 0.125. The van der Waals surface area contributed by atoms with Gasteiger partial charge in [-0.15, -0.1) is 0 Å². The van der Waals surface area contributed by atoms with E-state index in [1.165, 1.54) is 44.9 Å². The molecule has 2 aliphatic rings. The molecule has 1 saturated heterocycles. The summed E-state index contributed by atoms with van der Waals surface area (Å²) in [6.07, 6.45) is 13.5. The number of rotatable bonds is 14. The number of imide groups is 1. The number of ether oxygens (including phenoxy) is 1. The number of nitrogens with zero attached hydrogens (tertiary/aromatic N) is 1. The van der Waals surface area contributed by atoms with Gasteiger partial charge in [-0.2, -0.15) is 13.5 Å². The number of hydrogen-bond acceptors (Lipinski definition) is 7. The van der Waals surface area contributed by atoms with Crippen molar-refractivity contribution < 1.29 is 67.7 Å². The summed E-state index contributed by atoms with van der Waals surface area (Å²) in [6, 6.07) is 0. The van der Waals surface area contributed by atoms with Gasteiger partial charge in [-0.3, -0.25) is 19.3 Å². The van der Waals surface area contributed by atoms with Crippen LogP contribution in [0.4, 0.5) is 0 Å². The maximum atomic E-state index is 11.3. The van der Waals surface area contributed by atoms with Crippen LogP contribution in [0.25, 0.3) is 0 Å². The van der Waals surface area contributed by atoms with Crippen LogP contribution in [-0.2, 0) is 26.4 Å². The van der Waals surface area contributed by atoms with Crippen molar-refractivity contribution in [3.05, 3.63) is 22.3 Å². The number of carbonyl (C=O) groups is 2. The molecule has 3 atom stereocenters. The second-order valence-corrected chi connectivity index (χ2v) is 14.6. The molecular weight excluding hydrogens is 593 g/mol. The molecule has 3 rings (SSSR count). The summed E-state index contributed by atoms with van der Waals surface area (Å²) in [5, 5.41) is 8.57. The van der Waals surface area contributed by atoms with Gasteiger partial charge in [-0.05, 0) is 82.3 Å². The Morgan fingerprint density at radius 1 is 0.864 bits per heavy atom. The smallest absolute Gasteiger partial charge is 1.00 e. The number of carbonyl (C=O) groups excluding carboxylic acids is 2. The number of hydrogen-bond donors (Lipinski definition) is 2. The average Bonchev–Trinajstić information content (AvgIpc) is 3.20. The summed E-state index contributed by atoms with van der Waals surface area (Å²) in [6.45, 7) is 17.2. The van der Waals surface area contributed by atoms with Crippen LogP contribution in [-0.4, -0.2) is 40.7 Å². The minimum absolute atomic E-state index is 0. The molecule has 0 saturated carbocycles. The first kappa shape index (κ1) is 40.9. The Labute approximate surface area is 289 Å². The van der Waals surface area contributed by atoms with E-state index in [9.17, 15) is 22.6 Å². The summed E-state index contributed by atoms with van der Waals surface area (Å²) in [7, 11) is -4.57. The van der Waals surface area contributed by atoms with Gasteiger partial charge in [0, 0.05) is 24.0 Å². The van der Waals surface area contributed by atoms with E-state index >= 15 is 0 Å². The van der Waals surface area contributed by atoms with Crippen LogP contribution >= 0.6 is 0 Å². The molecule has 2 N–H and O–H groups in total. The molecule has 2 aliphatic heterocycles. The molecule has 1 fully saturated rings. The molecule has 0 radical (unpaired) electrons. The monoisotopic (exact) mass is 649 g/mol. The van der Waals surface area contributed by atoms with E-state index in [-0.39, 0.29) is 60.2 Å². The van der Waals surface area contributed by atoms with Crippen LogP contribution in [0.1, 0.15) is 135 Å². The molecule has 0 spiro atoms. The fraction of sp³-hybridized carbons (Fsp3) is 0.758. The summed E-state index contributed by atoms with van der Waals surface area (Å²) in [5.74, 6) is 2.47. The molecule has 0 aromatic heterocycles. The van der Waals surface area contributed by atoms with Crippen LogP contribution in [0.3, 0.4) is 0 Å². The van der Waals surface area contributed by atoms with Gasteiger partial charge in [0.2, 0.25) is 0 Å². The van der Waals surface area contributed by atoms with Crippen LogP contribution in [0, 0.1) is 38.5 Å². The first-order chi connectivity index (χ1) is 19.9. The Kier molecular flexibility index (Phi) is 16.9. The standard InChI is InChI=1S/C29H50O5S.C4H5NO3.Na.H/c1-20(2)12-9-13-21(3)14-10-15-22(4)16-11-18-29(8)19-17-26-25(7)27(34-35(30,31)32)23(5)24(6)28(26)33-29;6-3-1-2-4(7)5(3)8;;/h20-22H,9-19H2,1-8H3,(H,30,31,32);8H,1-2H2;;/q;;+1;-1/t21-,22-,29-;;;/m1.../s1. The van der Waals surface area contributed by atoms with Crippen molar-refractivity contribution in [2.24, 2.45) is 17.8 Å². The summed E-state index contributed by atoms with van der Waals surface area (Å²) in [4.78, 5) is 20.5. The minimum atomic E-state index is -4.57. The average molecular weight is 650 g/mol. The first-order valence-electron chi connectivity index (χ1n) is 16.0. The molecular formula is C33H56NNaO8S. The van der Waals surface area contributed by atoms with Gasteiger partial charge >= 0.3 is 40.0 Å². The zero-order valence-corrected chi connectivity index (χ0v) is 31.4. The molecule has 2 amide bonds. The molecule has 0 bridgehead atoms. The van der Waals surface area contributed by atoms with Crippen molar-refractivity contribution >= 4 is 22.2 Å². The molecule has 1 aromatic carbocycles. The summed E-state index contributed by atoms with van der Waals surface area (Å²) in [5.41, 5.74) is 3.07. The fourth-order valence-corrected chi connectivity index (χ4v) is 6.52. The maximum absolute atomic E-state index is 11.3. The zero-order valence-electron chi connectivity index (χ0n) is 29.6. The van der Waals surface area contributed by atoms with E-state index in [4.69, 9.17) is 14.1 Å². The Hall–Kier alpha value is -1.17. The molecule has 248 valence electrons. The van der Waals surface area contributed by atoms with Gasteiger partial charge in [-0.25, -0.2) is 0 Å². The Morgan fingerprint density at radius 2 is 1.36 bits per heavy atom. The molecule has 0 unspecified atom stereocenters. The van der Waals surface area contributed by atoms with Gasteiger partial charge in [0.25, 0.3) is 11.8 Å². The predicted octanol–water partition coefficient (Wildman–Crippen LogP) is 4.96. The van der Waals surface area contributed by atoms with Crippen molar-refractivity contribution in [2.45, 2.75) is 144 Å². The van der Waals surface area contributed by atoms with Gasteiger partial charge in [0.15, 0.2) is 5.75 Å². The first-order valence-corrected chi connectivity index (χ1v) is 17.3. The molecule has 9 nitrogen and oxygen atoms in total. The molecule has 44 heavy (non-hydrogen) atoms. The van der Waals surface area contributed by atoms with Crippen molar-refractivity contribution in [3.8, 4) is 11.5 Å². The molecule has 1 aromatic rings. The normalized spacial score (nSPS) is 19.5. The predicted molar refractivity (Wildman–Crippen MR) is 169 cm³/mol. The number of hydroxylamine groups is 2. The fourth-order valence-electron chi connectivity index (χ4n) is 6.06. The minimum Gasteiger partial charge on any atom is -1.00 e. The van der Waals surface area contributed by atoms with Gasteiger partial charge in [0.05, 0.1) is 0 Å². The SMILES string of the molecule is Cc1c(C)c2c(c(C)c1OS(=O)(=O)O)CC[C@@](C)(CCC[C@H](C)CCC[C@H](C)CCCC(C)C)O2.O=C1CCC(=O)N1O.[H-].[Na+]. The van der Waals surface area contributed by atoms with Gasteiger partial charge < -0.3 is 10.3 Å². The Balaban J connectivity index is 0.00000168. The van der Waals surface area contributed by atoms with Crippen molar-refractivity contribution in [1.82, 2.24) is 5.06 Å². The second kappa shape index (κ2) is 18.2. The van der Waals surface area contributed by atoms with E-state index in [1.807, 2.05) is 20.8 Å². The maximum Gasteiger partial charge on any atom is 1.00 e. The molecule has 0 aliphatic carbocycles. The summed E-state index contributed by atoms with van der Waals surface area (Å²) >= 11 is 0. The van der Waals surface area contributed by atoms with E-state index in [0.29, 0.717) is 5.56 Å². The van der Waals surface area contributed by atoms with Crippen LogP contribution in [0.15, 0.2) is 0 Å². The van der Waals surface area contributed by atoms with E-state index < -0.39 is 22.2 Å². The number of fused-ring (bicyclic) bond motifs is 1. The van der Waals surface area contributed by atoms with E-state index in [2.05, 4.69) is 34.6 Å². The Bertz CT molecular complexity index is 1210. The topological polar surface area (TPSA) is 130 Å². The van der Waals surface area contributed by atoms with Gasteiger partial charge in [0.1, 0.15) is 11.4 Å². The van der Waals surface area contributed by atoms with E-state index in [1.54, 1.807) is 0 Å². The van der Waals surface area contributed by atoms with Crippen LogP contribution in [0.2, 0.25) is 0 Å². The number of benzene rings is 1. The van der Waals surface area contributed by atoms with Crippen molar-refractivity contribution in [3.63, 3.8) is 0 Å². The van der Waals surface area contributed by atoms with Crippen molar-refractivity contribution in [2.75, 3.05) is 0 Å². The molecule has 11 heteroatoms. The van der Waals surface area contributed by atoms with Crippen LogP contribution in [0.5, 0.6) is 11.5 Å². The Morgan fingerprint density at radius 3 is 1.82 bits per heavy atom. The molecule has 2 heterocycles. The third kappa shape index (κ3) is 12.9. The van der Waals surface area contributed by atoms with Crippen molar-refractivity contribution in [1.29, 1.82) is 0 Å². The van der Waals surface area contributed by atoms with Crippen LogP contribution < -0.4 is 38.5 Å². The second-order valence-electron chi connectivity index (χ2n) is 13.5. The zero-order chi connectivity index (χ0) is 32.5. The third-order valence-corrected chi connectivity index (χ3v) is 9.43. The largest absolute Gasteiger partial charge is 1.00 e. The third-order valence-electron chi connectivity index (χ3n) is 9.05. The summed E-state index contributed by atoms with van der Waals surface area (Å²) < 4.78 is 43.3. The van der Waals surface area contributed by atoms with E-state index in [0.717, 1.165) is 65.9 Å².